The Morgan fingerprint density at radius 3 is 2.65 bits per heavy atom. The molecule has 2 N–H and O–H groups in total. The number of hydrogen-bond donors (Lipinski definition) is 2. The molecule has 2 amide bonds. The van der Waals surface area contributed by atoms with Crippen LogP contribution in [0.1, 0.15) is 24.3 Å². The minimum absolute atomic E-state index is 0.215. The standard InChI is InChI=1S/C15H17ClN4O3/c1-3-17-12(21)8-18-15(23)13-14(22)10-7-9(16)5-6-11(10)20(4-2)19-13/h5-7H,3-4,8H2,1-2H3,(H,17,21)(H,18,23). The predicted molar refractivity (Wildman–Crippen MR) is 87.7 cm³/mol. The Morgan fingerprint density at radius 1 is 1.26 bits per heavy atom. The summed E-state index contributed by atoms with van der Waals surface area (Å²) in [6, 6.07) is 4.85. The van der Waals surface area contributed by atoms with E-state index in [1.807, 2.05) is 6.92 Å². The van der Waals surface area contributed by atoms with Gasteiger partial charge in [-0.1, -0.05) is 11.6 Å². The molecule has 2 aromatic rings. The highest BCUT2D eigenvalue weighted by Gasteiger charge is 2.17. The van der Waals surface area contributed by atoms with E-state index in [1.165, 1.54) is 6.07 Å². The van der Waals surface area contributed by atoms with Gasteiger partial charge in [0, 0.05) is 18.1 Å². The van der Waals surface area contributed by atoms with Crippen molar-refractivity contribution in [2.45, 2.75) is 20.4 Å². The smallest absolute Gasteiger partial charge is 0.276 e. The van der Waals surface area contributed by atoms with Crippen molar-refractivity contribution in [3.8, 4) is 0 Å². The lowest BCUT2D eigenvalue weighted by Gasteiger charge is -2.10. The summed E-state index contributed by atoms with van der Waals surface area (Å²) in [4.78, 5) is 36.0. The Bertz CT molecular complexity index is 816. The molecular weight excluding hydrogens is 320 g/mol. The molecule has 8 heteroatoms. The van der Waals surface area contributed by atoms with Crippen molar-refractivity contribution in [3.63, 3.8) is 0 Å². The first-order valence-electron chi connectivity index (χ1n) is 7.23. The first-order chi connectivity index (χ1) is 11.0. The van der Waals surface area contributed by atoms with Gasteiger partial charge in [0.2, 0.25) is 11.3 Å². The highest BCUT2D eigenvalue weighted by atomic mass is 35.5. The van der Waals surface area contributed by atoms with Crippen LogP contribution in [-0.2, 0) is 11.3 Å². The number of likely N-dealkylation sites (N-methyl/N-ethyl adjacent to an activating group) is 1. The second-order valence-electron chi connectivity index (χ2n) is 4.79. The van der Waals surface area contributed by atoms with Crippen LogP contribution in [0.5, 0.6) is 0 Å². The van der Waals surface area contributed by atoms with Crippen LogP contribution in [0, 0.1) is 0 Å². The van der Waals surface area contributed by atoms with Crippen molar-refractivity contribution in [1.82, 2.24) is 20.4 Å². The highest BCUT2D eigenvalue weighted by molar-refractivity contribution is 6.31. The van der Waals surface area contributed by atoms with E-state index >= 15 is 0 Å². The number of hydrogen-bond acceptors (Lipinski definition) is 4. The number of carbonyl (C=O) groups is 2. The van der Waals surface area contributed by atoms with Gasteiger partial charge in [0.25, 0.3) is 5.91 Å². The third-order valence-electron chi connectivity index (χ3n) is 3.22. The van der Waals surface area contributed by atoms with E-state index in [9.17, 15) is 14.4 Å². The third-order valence-corrected chi connectivity index (χ3v) is 3.45. The summed E-state index contributed by atoms with van der Waals surface area (Å²) >= 11 is 5.93. The van der Waals surface area contributed by atoms with E-state index in [0.717, 1.165) is 0 Å². The fraction of sp³-hybridized carbons (Fsp3) is 0.333. The van der Waals surface area contributed by atoms with Crippen LogP contribution in [0.15, 0.2) is 23.0 Å². The number of benzene rings is 1. The molecule has 122 valence electrons. The van der Waals surface area contributed by atoms with Gasteiger partial charge in [-0.2, -0.15) is 5.10 Å². The van der Waals surface area contributed by atoms with Gasteiger partial charge in [0.15, 0.2) is 5.69 Å². The van der Waals surface area contributed by atoms with Gasteiger partial charge >= 0.3 is 0 Å². The van der Waals surface area contributed by atoms with Crippen molar-refractivity contribution in [1.29, 1.82) is 0 Å². The van der Waals surface area contributed by atoms with Crippen LogP contribution in [-0.4, -0.2) is 34.7 Å². The Labute approximate surface area is 137 Å². The lowest BCUT2D eigenvalue weighted by Crippen LogP contribution is -2.39. The third kappa shape index (κ3) is 3.68. The highest BCUT2D eigenvalue weighted by Crippen LogP contribution is 2.16. The summed E-state index contributed by atoms with van der Waals surface area (Å²) in [5.74, 6) is -1.02. The SMILES string of the molecule is CCNC(=O)CNC(=O)c1nn(CC)c2ccc(Cl)cc2c1=O. The average molecular weight is 337 g/mol. The van der Waals surface area contributed by atoms with Gasteiger partial charge in [-0.15, -0.1) is 0 Å². The summed E-state index contributed by atoms with van der Waals surface area (Å²) < 4.78 is 1.55. The van der Waals surface area contributed by atoms with Gasteiger partial charge in [-0.05, 0) is 32.0 Å². The molecule has 23 heavy (non-hydrogen) atoms. The second-order valence-corrected chi connectivity index (χ2v) is 5.23. The second kappa shape index (κ2) is 7.23. The molecule has 0 aliphatic rings. The summed E-state index contributed by atoms with van der Waals surface area (Å²) in [7, 11) is 0. The average Bonchev–Trinajstić information content (AvgIpc) is 2.53. The zero-order valence-electron chi connectivity index (χ0n) is 12.9. The largest absolute Gasteiger partial charge is 0.355 e. The van der Waals surface area contributed by atoms with Crippen molar-refractivity contribution < 1.29 is 9.59 Å². The first kappa shape index (κ1) is 17.0. The van der Waals surface area contributed by atoms with Crippen LogP contribution in [0.2, 0.25) is 5.02 Å². The van der Waals surface area contributed by atoms with Crippen molar-refractivity contribution >= 4 is 34.3 Å². The predicted octanol–water partition coefficient (Wildman–Crippen LogP) is 0.936. The number of fused-ring (bicyclic) bond motifs is 1. The van der Waals surface area contributed by atoms with Crippen LogP contribution in [0.25, 0.3) is 10.9 Å². The minimum Gasteiger partial charge on any atom is -0.355 e. The maximum atomic E-state index is 12.5. The van der Waals surface area contributed by atoms with E-state index in [4.69, 9.17) is 11.6 Å². The summed E-state index contributed by atoms with van der Waals surface area (Å²) in [6.07, 6.45) is 0. The summed E-state index contributed by atoms with van der Waals surface area (Å²) in [5, 5.41) is 9.75. The molecule has 0 atom stereocenters. The van der Waals surface area contributed by atoms with Crippen molar-refractivity contribution in [2.75, 3.05) is 13.1 Å². The zero-order chi connectivity index (χ0) is 17.0. The van der Waals surface area contributed by atoms with E-state index in [1.54, 1.807) is 23.7 Å². The molecule has 0 aliphatic heterocycles. The van der Waals surface area contributed by atoms with Gasteiger partial charge < -0.3 is 10.6 Å². The number of halogens is 1. The maximum Gasteiger partial charge on any atom is 0.276 e. The topological polar surface area (TPSA) is 93.1 Å². The van der Waals surface area contributed by atoms with Crippen molar-refractivity contribution in [3.05, 3.63) is 39.1 Å². The van der Waals surface area contributed by atoms with Crippen LogP contribution in [0.4, 0.5) is 0 Å². The van der Waals surface area contributed by atoms with E-state index in [-0.39, 0.29) is 18.1 Å². The molecule has 0 radical (unpaired) electrons. The van der Waals surface area contributed by atoms with Crippen LogP contribution in [0.3, 0.4) is 0 Å². The van der Waals surface area contributed by atoms with Crippen molar-refractivity contribution in [2.24, 2.45) is 0 Å². The molecule has 0 aliphatic carbocycles. The number of rotatable bonds is 5. The molecule has 0 bridgehead atoms. The minimum atomic E-state index is -0.690. The lowest BCUT2D eigenvalue weighted by atomic mass is 10.2. The molecule has 0 unspecified atom stereocenters. The van der Waals surface area contributed by atoms with E-state index in [0.29, 0.717) is 29.0 Å². The Hall–Kier alpha value is -2.41. The van der Waals surface area contributed by atoms with Gasteiger partial charge in [0.05, 0.1) is 17.4 Å². The molecule has 0 fully saturated rings. The fourth-order valence-corrected chi connectivity index (χ4v) is 2.33. The monoisotopic (exact) mass is 336 g/mol. The number of aryl methyl sites for hydroxylation is 1. The molecule has 0 saturated carbocycles. The number of nitrogens with zero attached hydrogens (tertiary/aromatic N) is 2. The molecule has 1 aromatic heterocycles. The molecule has 0 spiro atoms. The molecular formula is C15H17ClN4O3. The van der Waals surface area contributed by atoms with E-state index < -0.39 is 11.3 Å². The Morgan fingerprint density at radius 2 is 2.00 bits per heavy atom. The fourth-order valence-electron chi connectivity index (χ4n) is 2.16. The number of amides is 2. The summed E-state index contributed by atoms with van der Waals surface area (Å²) in [6.45, 7) is 4.35. The van der Waals surface area contributed by atoms with Crippen LogP contribution >= 0.6 is 11.6 Å². The number of aromatic nitrogens is 2. The molecule has 1 aromatic carbocycles. The summed E-state index contributed by atoms with van der Waals surface area (Å²) in [5.41, 5.74) is -0.173. The van der Waals surface area contributed by atoms with Gasteiger partial charge in [-0.25, -0.2) is 0 Å². The Kier molecular flexibility index (Phi) is 5.33. The van der Waals surface area contributed by atoms with Gasteiger partial charge in [0.1, 0.15) is 0 Å². The normalized spacial score (nSPS) is 10.6. The quantitative estimate of drug-likeness (QED) is 0.849. The number of nitrogens with one attached hydrogen (secondary N) is 2. The maximum absolute atomic E-state index is 12.5. The lowest BCUT2D eigenvalue weighted by molar-refractivity contribution is -0.120. The molecule has 0 saturated heterocycles. The molecule has 7 nitrogen and oxygen atoms in total. The first-order valence-corrected chi connectivity index (χ1v) is 7.61. The van der Waals surface area contributed by atoms with Crippen LogP contribution < -0.4 is 16.1 Å². The molecule has 2 rings (SSSR count). The molecule has 1 heterocycles. The Balaban J connectivity index is 2.40. The van der Waals surface area contributed by atoms with Gasteiger partial charge in [-0.3, -0.25) is 19.1 Å². The number of carbonyl (C=O) groups excluding carboxylic acids is 2. The zero-order valence-corrected chi connectivity index (χ0v) is 13.6. The van der Waals surface area contributed by atoms with E-state index in [2.05, 4.69) is 15.7 Å².